The summed E-state index contributed by atoms with van der Waals surface area (Å²) in [6, 6.07) is 3.57. The average molecular weight is 268 g/mol. The summed E-state index contributed by atoms with van der Waals surface area (Å²) in [6.45, 7) is 6.56. The van der Waals surface area contributed by atoms with Crippen LogP contribution in [0.25, 0.3) is 0 Å². The predicted octanol–water partition coefficient (Wildman–Crippen LogP) is 3.79. The number of rotatable bonds is 7. The Morgan fingerprint density at radius 3 is 2.32 bits per heavy atom. The molecule has 0 aliphatic carbocycles. The van der Waals surface area contributed by atoms with Crippen molar-refractivity contribution in [3.8, 4) is 0 Å². The number of hydrogen-bond acceptors (Lipinski definition) is 3. The summed E-state index contributed by atoms with van der Waals surface area (Å²) in [5.74, 6) is -0.447. The number of nitrogens with zero attached hydrogens (tertiary/aromatic N) is 1. The smallest absolute Gasteiger partial charge is 0.274 e. The van der Waals surface area contributed by atoms with E-state index in [-0.39, 0.29) is 11.2 Å². The van der Waals surface area contributed by atoms with Crippen LogP contribution >= 0.6 is 0 Å². The highest BCUT2D eigenvalue weighted by Crippen LogP contribution is 2.23. The fraction of sp³-hybridized carbons (Fsp3) is 0.571. The Hall–Kier alpha value is -1.49. The van der Waals surface area contributed by atoms with E-state index < -0.39 is 10.7 Å². The maximum atomic E-state index is 13.2. The third-order valence-corrected chi connectivity index (χ3v) is 3.92. The normalized spacial score (nSPS) is 11.6. The second-order valence-electron chi connectivity index (χ2n) is 4.72. The van der Waals surface area contributed by atoms with Crippen molar-refractivity contribution in [2.45, 2.75) is 52.1 Å². The molecule has 1 aromatic carbocycles. The molecule has 0 radical (unpaired) electrons. The molecule has 19 heavy (non-hydrogen) atoms. The first kappa shape index (κ1) is 15.6. The summed E-state index contributed by atoms with van der Waals surface area (Å²) < 4.78 is 13.2. The minimum atomic E-state index is -0.470. The topological polar surface area (TPSA) is 55.2 Å². The summed E-state index contributed by atoms with van der Waals surface area (Å²) in [4.78, 5) is 10.5. The Labute approximate surface area is 113 Å². The first-order valence-electron chi connectivity index (χ1n) is 6.65. The minimum absolute atomic E-state index is 0.0360. The number of nitro groups is 1. The van der Waals surface area contributed by atoms with Crippen LogP contribution in [-0.2, 0) is 6.54 Å². The lowest BCUT2D eigenvalue weighted by Gasteiger charge is -2.32. The van der Waals surface area contributed by atoms with Crippen molar-refractivity contribution in [3.05, 3.63) is 39.7 Å². The van der Waals surface area contributed by atoms with Gasteiger partial charge in [-0.1, -0.05) is 20.8 Å². The molecule has 1 N–H and O–H groups in total. The molecule has 1 rings (SSSR count). The molecule has 0 aromatic heterocycles. The Kier molecular flexibility index (Phi) is 5.42. The first-order chi connectivity index (χ1) is 8.98. The molecular formula is C14H21FN2O2. The van der Waals surface area contributed by atoms with Gasteiger partial charge in [0.2, 0.25) is 0 Å². The van der Waals surface area contributed by atoms with Gasteiger partial charge in [0.05, 0.1) is 4.92 Å². The van der Waals surface area contributed by atoms with Crippen molar-refractivity contribution < 1.29 is 9.31 Å². The van der Waals surface area contributed by atoms with Gasteiger partial charge in [-0.15, -0.1) is 0 Å². The van der Waals surface area contributed by atoms with E-state index in [0.717, 1.165) is 25.3 Å². The van der Waals surface area contributed by atoms with Gasteiger partial charge < -0.3 is 5.32 Å². The Balaban J connectivity index is 2.93. The van der Waals surface area contributed by atoms with Gasteiger partial charge in [-0.2, -0.15) is 0 Å². The van der Waals surface area contributed by atoms with E-state index in [4.69, 9.17) is 0 Å². The number of hydrogen-bond donors (Lipinski definition) is 1. The molecule has 0 bridgehead atoms. The van der Waals surface area contributed by atoms with Crippen LogP contribution in [-0.4, -0.2) is 10.5 Å². The van der Waals surface area contributed by atoms with Crippen LogP contribution in [0, 0.1) is 15.9 Å². The summed E-state index contributed by atoms with van der Waals surface area (Å²) in [5.41, 5.74) is 0.316. The molecule has 0 spiro atoms. The molecule has 0 fully saturated rings. The third-order valence-electron chi connectivity index (χ3n) is 3.92. The molecule has 0 atom stereocenters. The summed E-state index contributed by atoms with van der Waals surface area (Å²) in [5, 5.41) is 14.3. The Morgan fingerprint density at radius 1 is 1.26 bits per heavy atom. The van der Waals surface area contributed by atoms with E-state index in [1.54, 1.807) is 0 Å². The molecule has 5 heteroatoms. The van der Waals surface area contributed by atoms with Crippen molar-refractivity contribution in [1.82, 2.24) is 5.32 Å². The lowest BCUT2D eigenvalue weighted by molar-refractivity contribution is -0.385. The Morgan fingerprint density at radius 2 is 1.84 bits per heavy atom. The van der Waals surface area contributed by atoms with Crippen molar-refractivity contribution in [1.29, 1.82) is 0 Å². The zero-order valence-electron chi connectivity index (χ0n) is 11.7. The lowest BCUT2D eigenvalue weighted by Crippen LogP contribution is -2.43. The predicted molar refractivity (Wildman–Crippen MR) is 73.5 cm³/mol. The molecule has 0 saturated heterocycles. The van der Waals surface area contributed by atoms with Crippen molar-refractivity contribution in [3.63, 3.8) is 0 Å². The van der Waals surface area contributed by atoms with Crippen molar-refractivity contribution in [2.75, 3.05) is 0 Å². The number of nitrogens with one attached hydrogen (secondary N) is 1. The molecule has 1 aromatic rings. The van der Waals surface area contributed by atoms with Gasteiger partial charge in [0.1, 0.15) is 5.82 Å². The highest BCUT2D eigenvalue weighted by atomic mass is 19.1. The number of halogens is 1. The van der Waals surface area contributed by atoms with Gasteiger partial charge in [-0.05, 0) is 31.4 Å². The average Bonchev–Trinajstić information content (AvgIpc) is 2.40. The van der Waals surface area contributed by atoms with Crippen LogP contribution < -0.4 is 5.32 Å². The van der Waals surface area contributed by atoms with E-state index in [2.05, 4.69) is 26.1 Å². The van der Waals surface area contributed by atoms with E-state index in [1.807, 2.05) is 0 Å². The largest absolute Gasteiger partial charge is 0.307 e. The SMILES string of the molecule is CCC(CC)(CC)NCc1cc(F)ccc1[N+](=O)[O-]. The molecule has 4 nitrogen and oxygen atoms in total. The minimum Gasteiger partial charge on any atom is -0.307 e. The van der Waals surface area contributed by atoms with Crippen molar-refractivity contribution in [2.24, 2.45) is 0 Å². The van der Waals surface area contributed by atoms with E-state index >= 15 is 0 Å². The molecule has 0 saturated carbocycles. The quantitative estimate of drug-likeness (QED) is 0.604. The maximum Gasteiger partial charge on any atom is 0.274 e. The maximum absolute atomic E-state index is 13.2. The van der Waals surface area contributed by atoms with Gasteiger partial charge in [-0.25, -0.2) is 4.39 Å². The fourth-order valence-electron chi connectivity index (χ4n) is 2.28. The standard InChI is InChI=1S/C14H21FN2O2/c1-4-14(5-2,6-3)16-10-11-9-12(15)7-8-13(11)17(18)19/h7-9,16H,4-6,10H2,1-3H3. The van der Waals surface area contributed by atoms with Gasteiger partial charge in [0, 0.05) is 23.7 Å². The van der Waals surface area contributed by atoms with Gasteiger partial charge in [0.15, 0.2) is 0 Å². The van der Waals surface area contributed by atoms with Crippen LogP contribution in [0.3, 0.4) is 0 Å². The van der Waals surface area contributed by atoms with Gasteiger partial charge in [0.25, 0.3) is 5.69 Å². The van der Waals surface area contributed by atoms with Crippen molar-refractivity contribution >= 4 is 5.69 Å². The van der Waals surface area contributed by atoms with Crippen LogP contribution in [0.1, 0.15) is 45.6 Å². The van der Waals surface area contributed by atoms with Crippen LogP contribution in [0.5, 0.6) is 0 Å². The number of benzene rings is 1. The molecular weight excluding hydrogens is 247 g/mol. The monoisotopic (exact) mass is 268 g/mol. The molecule has 0 aliphatic rings. The van der Waals surface area contributed by atoms with E-state index in [0.29, 0.717) is 12.1 Å². The molecule has 0 heterocycles. The second kappa shape index (κ2) is 6.61. The summed E-state index contributed by atoms with van der Waals surface area (Å²) >= 11 is 0. The molecule has 0 unspecified atom stereocenters. The van der Waals surface area contributed by atoms with Gasteiger partial charge >= 0.3 is 0 Å². The summed E-state index contributed by atoms with van der Waals surface area (Å²) in [6.07, 6.45) is 2.80. The fourth-order valence-corrected chi connectivity index (χ4v) is 2.28. The van der Waals surface area contributed by atoms with Crippen LogP contribution in [0.2, 0.25) is 0 Å². The van der Waals surface area contributed by atoms with Crippen LogP contribution in [0.15, 0.2) is 18.2 Å². The summed E-state index contributed by atoms with van der Waals surface area (Å²) in [7, 11) is 0. The molecule has 106 valence electrons. The molecule has 0 amide bonds. The van der Waals surface area contributed by atoms with E-state index in [9.17, 15) is 14.5 Å². The zero-order valence-corrected chi connectivity index (χ0v) is 11.7. The first-order valence-corrected chi connectivity index (χ1v) is 6.65. The second-order valence-corrected chi connectivity index (χ2v) is 4.72. The van der Waals surface area contributed by atoms with Gasteiger partial charge in [-0.3, -0.25) is 10.1 Å². The highest BCUT2D eigenvalue weighted by molar-refractivity contribution is 5.40. The third kappa shape index (κ3) is 3.73. The number of nitro benzene ring substituents is 1. The lowest BCUT2D eigenvalue weighted by atomic mass is 9.89. The molecule has 0 aliphatic heterocycles. The van der Waals surface area contributed by atoms with E-state index in [1.165, 1.54) is 12.1 Å². The Bertz CT molecular complexity index is 437. The van der Waals surface area contributed by atoms with Crippen LogP contribution in [0.4, 0.5) is 10.1 Å². The highest BCUT2D eigenvalue weighted by Gasteiger charge is 2.24. The zero-order chi connectivity index (χ0) is 14.5.